The molecule has 0 saturated carbocycles. The maximum Gasteiger partial charge on any atom is 3.00 e. The molecule has 1 aliphatic rings. The number of nitrogens with zero attached hydrogens (tertiary/aromatic N) is 1. The zero-order valence-electron chi connectivity index (χ0n) is 17.8. The Morgan fingerprint density at radius 3 is 1.30 bits per heavy atom. The van der Waals surface area contributed by atoms with E-state index in [2.05, 4.69) is 0 Å². The third kappa shape index (κ3) is 8.60. The zero-order chi connectivity index (χ0) is 14.4. The average molecular weight is 559 g/mol. The van der Waals surface area contributed by atoms with Crippen molar-refractivity contribution in [2.45, 2.75) is 33.1 Å². The summed E-state index contributed by atoms with van der Waals surface area (Å²) in [5.74, 6) is -0.956. The van der Waals surface area contributed by atoms with Crippen molar-refractivity contribution >= 4 is 11.8 Å². The Kier molecular flexibility index (Phi) is 27.7. The summed E-state index contributed by atoms with van der Waals surface area (Å²) in [6.07, 6.45) is -1.78. The van der Waals surface area contributed by atoms with E-state index in [-0.39, 0.29) is 83.5 Å². The maximum atomic E-state index is 12.3. The molecule has 0 unspecified atom stereocenters. The van der Waals surface area contributed by atoms with Crippen LogP contribution in [0.2, 0.25) is 0 Å². The van der Waals surface area contributed by atoms with Crippen molar-refractivity contribution in [3.8, 4) is 0 Å². The molecule has 7 heteroatoms. The number of benzene rings is 1. The van der Waals surface area contributed by atoms with Gasteiger partial charge in [0.15, 0.2) is 6.29 Å². The number of carbonyl (C=O) groups excluding carboxylic acids is 2. The molecule has 5 nitrogen and oxygen atoms in total. The van der Waals surface area contributed by atoms with E-state index >= 15 is 0 Å². The molecule has 2 N–H and O–H groups in total. The number of amides is 2. The summed E-state index contributed by atoms with van der Waals surface area (Å²) < 4.78 is 0. The Morgan fingerprint density at radius 1 is 0.778 bits per heavy atom. The Labute approximate surface area is 193 Å². The first-order valence-electron chi connectivity index (χ1n) is 6.08. The van der Waals surface area contributed by atoms with Gasteiger partial charge >= 0.3 is 39.0 Å². The molecule has 0 spiro atoms. The molecule has 0 saturated heterocycles. The van der Waals surface area contributed by atoms with E-state index in [0.717, 1.165) is 4.90 Å². The van der Waals surface area contributed by atoms with Crippen LogP contribution in [0.5, 0.6) is 0 Å². The van der Waals surface area contributed by atoms with Gasteiger partial charge in [-0.1, -0.05) is 32.9 Å². The number of aliphatic hydroxyl groups is 2. The topological polar surface area (TPSA) is 77.8 Å². The minimum atomic E-state index is -1.78. The molecule has 27 heavy (non-hydrogen) atoms. The predicted molar refractivity (Wildman–Crippen MR) is 107 cm³/mol. The maximum absolute atomic E-state index is 12.3. The van der Waals surface area contributed by atoms with Gasteiger partial charge in [0.1, 0.15) is 0 Å². The molecule has 162 valence electrons. The van der Waals surface area contributed by atoms with Crippen molar-refractivity contribution in [1.82, 2.24) is 4.90 Å². The van der Waals surface area contributed by atoms with Gasteiger partial charge in [-0.15, -0.1) is 0 Å². The fourth-order valence-corrected chi connectivity index (χ4v) is 2.43. The monoisotopic (exact) mass is 559 g/mol. The fraction of sp³-hybridized carbons (Fsp3) is 0.300. The van der Waals surface area contributed by atoms with E-state index in [1.807, 2.05) is 0 Å². The Hall–Kier alpha value is -0.473. The number of hydrogen-bond acceptors (Lipinski definition) is 4. The van der Waals surface area contributed by atoms with Gasteiger partial charge in [-0.3, -0.25) is 14.5 Å². The average Bonchev–Trinajstić information content (AvgIpc) is 2.53. The zero-order valence-corrected chi connectivity index (χ0v) is 21.1. The summed E-state index contributed by atoms with van der Waals surface area (Å²) in [5.41, 5.74) is -0.0218. The van der Waals surface area contributed by atoms with Crippen LogP contribution >= 0.6 is 0 Å². The van der Waals surface area contributed by atoms with Gasteiger partial charge in [0, 0.05) is 0 Å². The first-order valence-corrected chi connectivity index (χ1v) is 6.08. The molecule has 0 aromatic heterocycles. The Balaban J connectivity index is -0.0000001000. The second-order valence-corrected chi connectivity index (χ2v) is 5.75. The van der Waals surface area contributed by atoms with Crippen LogP contribution in [0, 0.1) is 50.0 Å². The molecule has 1 aromatic carbocycles. The molecule has 1 aliphatic heterocycles. The number of rotatable bonds is 2. The molecule has 0 fully saturated rings. The number of carbonyl (C=O) groups is 2. The van der Waals surface area contributed by atoms with Crippen molar-refractivity contribution in [2.24, 2.45) is 5.41 Å². The molecular formula is C20H35NO4Rh2. The van der Waals surface area contributed by atoms with Crippen molar-refractivity contribution in [3.05, 3.63) is 80.0 Å². The molecule has 2 amide bonds. The van der Waals surface area contributed by atoms with Crippen LogP contribution in [0.4, 0.5) is 0 Å². The van der Waals surface area contributed by atoms with Crippen LogP contribution in [0.15, 0.2) is 24.3 Å². The van der Waals surface area contributed by atoms with Crippen LogP contribution < -0.4 is 0 Å². The van der Waals surface area contributed by atoms with E-state index in [9.17, 15) is 19.8 Å². The first-order chi connectivity index (χ1) is 8.75. The molecule has 2 rings (SSSR count). The molecule has 0 aliphatic carbocycles. The fourth-order valence-electron chi connectivity index (χ4n) is 2.43. The second kappa shape index (κ2) is 16.5. The summed E-state index contributed by atoms with van der Waals surface area (Å²) in [6, 6.07) is 5.50. The van der Waals surface area contributed by atoms with Crippen LogP contribution in [0.1, 0.15) is 41.5 Å². The third-order valence-electron chi connectivity index (χ3n) is 3.27. The second-order valence-electron chi connectivity index (χ2n) is 5.75. The van der Waals surface area contributed by atoms with Gasteiger partial charge < -0.3 is 54.8 Å². The molecule has 1 atom stereocenters. The first kappa shape index (κ1) is 45.3. The van der Waals surface area contributed by atoms with Gasteiger partial charge in [0.2, 0.25) is 0 Å². The molecule has 0 radical (unpaired) electrons. The van der Waals surface area contributed by atoms with Gasteiger partial charge in [-0.2, -0.15) is 0 Å². The van der Waals surface area contributed by atoms with E-state index in [0.29, 0.717) is 11.1 Å². The summed E-state index contributed by atoms with van der Waals surface area (Å²) in [7, 11) is 0. The van der Waals surface area contributed by atoms with E-state index in [1.54, 1.807) is 45.0 Å². The minimum absolute atomic E-state index is 0. The predicted octanol–water partition coefficient (Wildman–Crippen LogP) is 3.70. The molecule has 1 aromatic rings. The van der Waals surface area contributed by atoms with Crippen LogP contribution in [-0.4, -0.2) is 39.3 Å². The quantitative estimate of drug-likeness (QED) is 0.251. The van der Waals surface area contributed by atoms with Crippen molar-refractivity contribution in [3.63, 3.8) is 0 Å². The van der Waals surface area contributed by atoms with Crippen LogP contribution in [-0.2, 0) is 39.0 Å². The smallest absolute Gasteiger partial charge is 0.366 e. The van der Waals surface area contributed by atoms with E-state index in [4.69, 9.17) is 0 Å². The van der Waals surface area contributed by atoms with Gasteiger partial charge in [0.25, 0.3) is 11.8 Å². The SMILES string of the molecule is CC(C)(C)[C@@H](C(O)O)N1C(=O)c2ccccc2C1=O.[CH3-].[CH3-].[CH3-].[CH3-].[CH3-].[CH3-].[Rh+3].[Rh+3]. The molecular weight excluding hydrogens is 524 g/mol. The van der Waals surface area contributed by atoms with Crippen molar-refractivity contribution in [2.75, 3.05) is 0 Å². The Morgan fingerprint density at radius 2 is 1.07 bits per heavy atom. The summed E-state index contributed by atoms with van der Waals surface area (Å²) in [5, 5.41) is 19.1. The number of aliphatic hydroxyl groups excluding tert-OH is 1. The minimum Gasteiger partial charge on any atom is -0.366 e. The van der Waals surface area contributed by atoms with Crippen molar-refractivity contribution < 1.29 is 58.8 Å². The normalized spacial score (nSPS) is 12.0. The standard InChI is InChI=1S/C14H17NO4.6CH3.2Rh/c1-14(2,3)10(13(18)19)15-11(16)8-6-4-5-7-9(8)12(15)17;;;;;;;;/h4-7,10,13,18-19H,1-3H3;6*1H3;;/q;6*-1;2*+3/t10-;;;;;;;;/m1......../s1. The van der Waals surface area contributed by atoms with Crippen LogP contribution in [0.25, 0.3) is 0 Å². The van der Waals surface area contributed by atoms with Gasteiger partial charge in [-0.05, 0) is 17.5 Å². The molecule has 0 bridgehead atoms. The number of fused-ring (bicyclic) bond motifs is 1. The van der Waals surface area contributed by atoms with Crippen molar-refractivity contribution in [1.29, 1.82) is 0 Å². The number of hydrogen-bond donors (Lipinski definition) is 2. The van der Waals surface area contributed by atoms with E-state index in [1.165, 1.54) is 0 Å². The Bertz CT molecular complexity index is 508. The number of imide groups is 1. The van der Waals surface area contributed by atoms with Gasteiger partial charge in [-0.25, -0.2) is 0 Å². The summed E-state index contributed by atoms with van der Waals surface area (Å²) in [4.78, 5) is 25.5. The largest absolute Gasteiger partial charge is 3.00 e. The van der Waals surface area contributed by atoms with E-state index < -0.39 is 29.6 Å². The summed E-state index contributed by atoms with van der Waals surface area (Å²) in [6.45, 7) is 5.25. The van der Waals surface area contributed by atoms with Gasteiger partial charge in [0.05, 0.1) is 17.2 Å². The summed E-state index contributed by atoms with van der Waals surface area (Å²) >= 11 is 0. The third-order valence-corrected chi connectivity index (χ3v) is 3.27. The van der Waals surface area contributed by atoms with Crippen LogP contribution in [0.3, 0.4) is 0 Å². The molecule has 1 heterocycles.